The fourth-order valence-electron chi connectivity index (χ4n) is 2.61. The summed E-state index contributed by atoms with van der Waals surface area (Å²) < 4.78 is 4.91. The van der Waals surface area contributed by atoms with Gasteiger partial charge in [-0.2, -0.15) is 0 Å². The fourth-order valence-corrected chi connectivity index (χ4v) is 2.61. The topological polar surface area (TPSA) is 49.6 Å². The molecule has 1 fully saturated rings. The number of nitrogens with zero attached hydrogens (tertiary/aromatic N) is 3. The van der Waals surface area contributed by atoms with Crippen molar-refractivity contribution < 1.29 is 9.21 Å². The van der Waals surface area contributed by atoms with Crippen molar-refractivity contribution in [2.75, 3.05) is 31.1 Å². The van der Waals surface area contributed by atoms with E-state index in [1.165, 1.54) is 12.1 Å². The average Bonchev–Trinajstić information content (AvgIpc) is 3.07. The van der Waals surface area contributed by atoms with Crippen LogP contribution in [-0.4, -0.2) is 42.0 Å². The molecule has 1 aromatic heterocycles. The number of hydrogen-bond acceptors (Lipinski definition) is 4. The molecule has 0 atom stereocenters. The average molecular weight is 285 g/mol. The quantitative estimate of drug-likeness (QED) is 0.861. The van der Waals surface area contributed by atoms with Gasteiger partial charge in [0.1, 0.15) is 6.26 Å². The highest BCUT2D eigenvalue weighted by atomic mass is 16.3. The molecule has 3 rings (SSSR count). The van der Waals surface area contributed by atoms with Crippen molar-refractivity contribution in [1.82, 2.24) is 9.88 Å². The smallest absolute Gasteiger partial charge is 0.223 e. The van der Waals surface area contributed by atoms with Crippen LogP contribution in [0.4, 0.5) is 5.69 Å². The van der Waals surface area contributed by atoms with Crippen molar-refractivity contribution in [2.24, 2.45) is 0 Å². The van der Waals surface area contributed by atoms with E-state index < -0.39 is 0 Å². The standard InChI is InChI=1S/C16H19N3O2/c20-16(7-6-14-12-21-13-17-14)19-10-8-18(9-11-19)15-4-2-1-3-5-15/h1-5,12-13H,6-11H2. The van der Waals surface area contributed by atoms with Crippen molar-refractivity contribution in [3.8, 4) is 0 Å². The molecule has 0 bridgehead atoms. The Hall–Kier alpha value is -2.30. The van der Waals surface area contributed by atoms with Gasteiger partial charge in [-0.15, -0.1) is 0 Å². The first-order valence-electron chi connectivity index (χ1n) is 7.28. The number of oxazole rings is 1. The van der Waals surface area contributed by atoms with Gasteiger partial charge in [-0.05, 0) is 12.1 Å². The summed E-state index contributed by atoms with van der Waals surface area (Å²) in [6.07, 6.45) is 4.14. The molecule has 110 valence electrons. The molecule has 1 saturated heterocycles. The number of aromatic nitrogens is 1. The van der Waals surface area contributed by atoms with Gasteiger partial charge in [-0.25, -0.2) is 4.98 Å². The predicted octanol–water partition coefficient (Wildman–Crippen LogP) is 1.96. The molecule has 0 aliphatic carbocycles. The molecule has 5 nitrogen and oxygen atoms in total. The number of carbonyl (C=O) groups excluding carboxylic acids is 1. The summed E-state index contributed by atoms with van der Waals surface area (Å²) in [5.74, 6) is 0.200. The van der Waals surface area contributed by atoms with Crippen LogP contribution >= 0.6 is 0 Å². The Kier molecular flexibility index (Phi) is 4.19. The van der Waals surface area contributed by atoms with E-state index in [9.17, 15) is 4.79 Å². The van der Waals surface area contributed by atoms with Gasteiger partial charge in [0.15, 0.2) is 6.39 Å². The molecule has 0 saturated carbocycles. The third-order valence-corrected chi connectivity index (χ3v) is 3.83. The minimum atomic E-state index is 0.200. The van der Waals surface area contributed by atoms with E-state index >= 15 is 0 Å². The molecule has 5 heteroatoms. The summed E-state index contributed by atoms with van der Waals surface area (Å²) >= 11 is 0. The van der Waals surface area contributed by atoms with Crippen LogP contribution in [0.2, 0.25) is 0 Å². The molecule has 0 N–H and O–H groups in total. The van der Waals surface area contributed by atoms with Crippen LogP contribution in [0.5, 0.6) is 0 Å². The van der Waals surface area contributed by atoms with Crippen molar-refractivity contribution in [2.45, 2.75) is 12.8 Å². The fraction of sp³-hybridized carbons (Fsp3) is 0.375. The van der Waals surface area contributed by atoms with Crippen LogP contribution in [0.3, 0.4) is 0 Å². The second kappa shape index (κ2) is 6.43. The van der Waals surface area contributed by atoms with Crippen molar-refractivity contribution >= 4 is 11.6 Å². The zero-order valence-corrected chi connectivity index (χ0v) is 11.9. The molecule has 2 heterocycles. The van der Waals surface area contributed by atoms with E-state index in [2.05, 4.69) is 22.0 Å². The predicted molar refractivity (Wildman–Crippen MR) is 80.1 cm³/mol. The van der Waals surface area contributed by atoms with Gasteiger partial charge < -0.3 is 14.2 Å². The molecule has 0 unspecified atom stereocenters. The van der Waals surface area contributed by atoms with E-state index in [1.54, 1.807) is 6.26 Å². The number of aryl methyl sites for hydroxylation is 1. The van der Waals surface area contributed by atoms with E-state index in [0.29, 0.717) is 12.8 Å². The summed E-state index contributed by atoms with van der Waals surface area (Å²) in [6.45, 7) is 3.35. The van der Waals surface area contributed by atoms with Gasteiger partial charge in [0.05, 0.1) is 5.69 Å². The summed E-state index contributed by atoms with van der Waals surface area (Å²) in [7, 11) is 0. The van der Waals surface area contributed by atoms with E-state index in [-0.39, 0.29) is 5.91 Å². The van der Waals surface area contributed by atoms with Crippen LogP contribution in [-0.2, 0) is 11.2 Å². The minimum Gasteiger partial charge on any atom is -0.451 e. The van der Waals surface area contributed by atoms with Gasteiger partial charge in [-0.3, -0.25) is 4.79 Å². The minimum absolute atomic E-state index is 0.200. The molecule has 1 aliphatic rings. The molecule has 0 radical (unpaired) electrons. The lowest BCUT2D eigenvalue weighted by Gasteiger charge is -2.36. The van der Waals surface area contributed by atoms with E-state index in [4.69, 9.17) is 4.42 Å². The number of hydrogen-bond donors (Lipinski definition) is 0. The van der Waals surface area contributed by atoms with Crippen LogP contribution in [0, 0.1) is 0 Å². The Bertz CT molecular complexity index is 560. The molecule has 1 amide bonds. The first-order chi connectivity index (χ1) is 10.3. The molecular weight excluding hydrogens is 266 g/mol. The van der Waals surface area contributed by atoms with E-state index in [1.807, 2.05) is 23.1 Å². The lowest BCUT2D eigenvalue weighted by molar-refractivity contribution is -0.131. The maximum absolute atomic E-state index is 12.2. The maximum atomic E-state index is 12.2. The number of piperazine rings is 1. The highest BCUT2D eigenvalue weighted by molar-refractivity contribution is 5.76. The van der Waals surface area contributed by atoms with Gasteiger partial charge in [0.2, 0.25) is 5.91 Å². The van der Waals surface area contributed by atoms with Crippen molar-refractivity contribution in [3.63, 3.8) is 0 Å². The zero-order chi connectivity index (χ0) is 14.5. The van der Waals surface area contributed by atoms with Crippen molar-refractivity contribution in [3.05, 3.63) is 48.7 Å². The Morgan fingerprint density at radius 3 is 2.57 bits per heavy atom. The Labute approximate surface area is 124 Å². The van der Waals surface area contributed by atoms with Crippen LogP contribution in [0.25, 0.3) is 0 Å². The number of anilines is 1. The van der Waals surface area contributed by atoms with Gasteiger partial charge in [0.25, 0.3) is 0 Å². The molecule has 1 aliphatic heterocycles. The van der Waals surface area contributed by atoms with Crippen LogP contribution in [0.1, 0.15) is 12.1 Å². The number of amides is 1. The number of rotatable bonds is 4. The Balaban J connectivity index is 1.48. The zero-order valence-electron chi connectivity index (χ0n) is 11.9. The maximum Gasteiger partial charge on any atom is 0.223 e. The summed E-state index contributed by atoms with van der Waals surface area (Å²) in [6, 6.07) is 10.3. The number of carbonyl (C=O) groups is 1. The van der Waals surface area contributed by atoms with Gasteiger partial charge >= 0.3 is 0 Å². The monoisotopic (exact) mass is 285 g/mol. The van der Waals surface area contributed by atoms with E-state index in [0.717, 1.165) is 31.9 Å². The second-order valence-electron chi connectivity index (χ2n) is 5.18. The number of benzene rings is 1. The molecule has 2 aromatic rings. The summed E-state index contributed by atoms with van der Waals surface area (Å²) in [5, 5.41) is 0. The Morgan fingerprint density at radius 2 is 1.90 bits per heavy atom. The second-order valence-corrected chi connectivity index (χ2v) is 5.18. The van der Waals surface area contributed by atoms with Gasteiger partial charge in [0, 0.05) is 44.7 Å². The van der Waals surface area contributed by atoms with Gasteiger partial charge in [-0.1, -0.05) is 18.2 Å². The normalized spacial score (nSPS) is 15.2. The lowest BCUT2D eigenvalue weighted by atomic mass is 10.2. The number of para-hydroxylation sites is 1. The molecular formula is C16H19N3O2. The first kappa shape index (κ1) is 13.7. The lowest BCUT2D eigenvalue weighted by Crippen LogP contribution is -2.48. The van der Waals surface area contributed by atoms with Crippen LogP contribution in [0.15, 0.2) is 47.4 Å². The van der Waals surface area contributed by atoms with Crippen molar-refractivity contribution in [1.29, 1.82) is 0 Å². The molecule has 21 heavy (non-hydrogen) atoms. The van der Waals surface area contributed by atoms with Crippen LogP contribution < -0.4 is 4.90 Å². The third-order valence-electron chi connectivity index (χ3n) is 3.83. The highest BCUT2D eigenvalue weighted by Crippen LogP contribution is 2.16. The summed E-state index contributed by atoms with van der Waals surface area (Å²) in [4.78, 5) is 20.5. The highest BCUT2D eigenvalue weighted by Gasteiger charge is 2.21. The first-order valence-corrected chi connectivity index (χ1v) is 7.28. The molecule has 1 aromatic carbocycles. The molecule has 0 spiro atoms. The summed E-state index contributed by atoms with van der Waals surface area (Å²) in [5.41, 5.74) is 2.07. The third kappa shape index (κ3) is 3.42. The largest absolute Gasteiger partial charge is 0.451 e. The SMILES string of the molecule is O=C(CCc1cocn1)N1CCN(c2ccccc2)CC1. The Morgan fingerprint density at radius 1 is 1.14 bits per heavy atom.